The molecule has 9 nitrogen and oxygen atoms in total. The lowest BCUT2D eigenvalue weighted by atomic mass is 10.0. The number of carbonyl (C=O) groups is 2. The molecule has 4 aromatic carbocycles. The van der Waals surface area contributed by atoms with Crippen LogP contribution in [0.4, 0.5) is 0 Å². The number of phenols is 1. The lowest BCUT2D eigenvalue weighted by molar-refractivity contribution is -0.120. The highest BCUT2D eigenvalue weighted by Gasteiger charge is 2.13. The molecular weight excluding hydrogens is 594 g/mol. The molecule has 47 heavy (non-hydrogen) atoms. The van der Waals surface area contributed by atoms with E-state index in [1.165, 1.54) is 6.07 Å². The Bertz CT molecular complexity index is 1590. The fourth-order valence-corrected chi connectivity index (χ4v) is 5.23. The third-order valence-electron chi connectivity index (χ3n) is 7.86. The summed E-state index contributed by atoms with van der Waals surface area (Å²) in [5.74, 6) is 0.605. The van der Waals surface area contributed by atoms with Gasteiger partial charge in [0.05, 0.1) is 25.7 Å². The van der Waals surface area contributed by atoms with E-state index in [-0.39, 0.29) is 36.6 Å². The number of benzene rings is 4. The third-order valence-corrected chi connectivity index (χ3v) is 7.86. The lowest BCUT2D eigenvalue weighted by Crippen LogP contribution is -2.32. The van der Waals surface area contributed by atoms with Crippen LogP contribution in [0.5, 0.6) is 11.5 Å². The highest BCUT2D eigenvalue weighted by molar-refractivity contribution is 5.94. The fraction of sp³-hybridized carbons (Fsp3) is 0.316. The molecule has 0 aromatic heterocycles. The SMILES string of the molecule is CCOc1ccc(CCNC(=O)c2ccc(CNC(=O)Cc3cccc(C[C@@H](C)NC[C@H](O)c4ccc(O)c(CO)c4)c3)cc2)cc1. The van der Waals surface area contributed by atoms with Crippen LogP contribution in [0.15, 0.2) is 91.0 Å². The molecule has 4 rings (SSSR count). The molecule has 0 fully saturated rings. The maximum atomic E-state index is 12.7. The predicted octanol–water partition coefficient (Wildman–Crippen LogP) is 4.37. The summed E-state index contributed by atoms with van der Waals surface area (Å²) in [6.45, 7) is 5.51. The summed E-state index contributed by atoms with van der Waals surface area (Å²) >= 11 is 0. The molecule has 0 aliphatic heterocycles. The first-order valence-electron chi connectivity index (χ1n) is 16.0. The molecule has 0 heterocycles. The average molecular weight is 640 g/mol. The molecule has 0 saturated heterocycles. The van der Waals surface area contributed by atoms with E-state index in [0.29, 0.717) is 49.4 Å². The third kappa shape index (κ3) is 11.2. The van der Waals surface area contributed by atoms with E-state index in [1.54, 1.807) is 24.3 Å². The molecule has 2 amide bonds. The van der Waals surface area contributed by atoms with E-state index in [9.17, 15) is 24.9 Å². The van der Waals surface area contributed by atoms with Gasteiger partial charge in [-0.25, -0.2) is 0 Å². The van der Waals surface area contributed by atoms with Crippen molar-refractivity contribution in [2.45, 2.75) is 58.4 Å². The zero-order valence-corrected chi connectivity index (χ0v) is 27.0. The minimum absolute atomic E-state index is 0.00150. The molecule has 0 aliphatic carbocycles. The highest BCUT2D eigenvalue weighted by atomic mass is 16.5. The Labute approximate surface area is 276 Å². The van der Waals surface area contributed by atoms with Gasteiger partial charge in [-0.05, 0) is 90.9 Å². The maximum Gasteiger partial charge on any atom is 0.251 e. The van der Waals surface area contributed by atoms with E-state index in [2.05, 4.69) is 16.0 Å². The van der Waals surface area contributed by atoms with Gasteiger partial charge in [-0.1, -0.05) is 54.6 Å². The second-order valence-electron chi connectivity index (χ2n) is 11.6. The Hall–Kier alpha value is -4.70. The van der Waals surface area contributed by atoms with Crippen molar-refractivity contribution in [3.63, 3.8) is 0 Å². The first kappa shape index (κ1) is 35.2. The minimum atomic E-state index is -0.785. The topological polar surface area (TPSA) is 140 Å². The van der Waals surface area contributed by atoms with Crippen molar-refractivity contribution in [1.82, 2.24) is 16.0 Å². The summed E-state index contributed by atoms with van der Waals surface area (Å²) in [5.41, 5.74) is 5.57. The molecule has 0 spiro atoms. The van der Waals surface area contributed by atoms with Crippen LogP contribution < -0.4 is 20.7 Å². The number of nitrogens with one attached hydrogen (secondary N) is 3. The largest absolute Gasteiger partial charge is 0.508 e. The van der Waals surface area contributed by atoms with Crippen molar-refractivity contribution in [2.24, 2.45) is 0 Å². The van der Waals surface area contributed by atoms with E-state index >= 15 is 0 Å². The van der Waals surface area contributed by atoms with Crippen LogP contribution in [0.2, 0.25) is 0 Å². The Morgan fingerprint density at radius 3 is 2.30 bits per heavy atom. The Kier molecular flexibility index (Phi) is 13.4. The molecule has 0 radical (unpaired) electrons. The second kappa shape index (κ2) is 17.9. The lowest BCUT2D eigenvalue weighted by Gasteiger charge is -2.18. The molecule has 0 aliphatic rings. The number of hydrogen-bond donors (Lipinski definition) is 6. The predicted molar refractivity (Wildman–Crippen MR) is 182 cm³/mol. The van der Waals surface area contributed by atoms with Gasteiger partial charge in [0.15, 0.2) is 0 Å². The summed E-state index contributed by atoms with van der Waals surface area (Å²) < 4.78 is 5.46. The molecular formula is C38H45N3O6. The van der Waals surface area contributed by atoms with Crippen molar-refractivity contribution in [2.75, 3.05) is 19.7 Å². The van der Waals surface area contributed by atoms with Crippen molar-refractivity contribution in [1.29, 1.82) is 0 Å². The monoisotopic (exact) mass is 639 g/mol. The number of ether oxygens (including phenoxy) is 1. The molecule has 0 unspecified atom stereocenters. The quantitative estimate of drug-likeness (QED) is 0.101. The normalized spacial score (nSPS) is 12.3. The number of carbonyl (C=O) groups excluding carboxylic acids is 2. The summed E-state index contributed by atoms with van der Waals surface area (Å²) in [4.78, 5) is 25.3. The second-order valence-corrected chi connectivity index (χ2v) is 11.6. The average Bonchev–Trinajstić information content (AvgIpc) is 3.07. The first-order chi connectivity index (χ1) is 22.7. The van der Waals surface area contributed by atoms with Gasteiger partial charge in [0.1, 0.15) is 11.5 Å². The van der Waals surface area contributed by atoms with Crippen LogP contribution in [0.3, 0.4) is 0 Å². The molecule has 0 saturated carbocycles. The number of aromatic hydroxyl groups is 1. The van der Waals surface area contributed by atoms with Crippen LogP contribution in [-0.4, -0.2) is 52.9 Å². The maximum absolute atomic E-state index is 12.7. The van der Waals surface area contributed by atoms with Crippen molar-refractivity contribution < 1.29 is 29.6 Å². The summed E-state index contributed by atoms with van der Waals surface area (Å²) in [5, 5.41) is 38.9. The van der Waals surface area contributed by atoms with Crippen LogP contribution >= 0.6 is 0 Å². The summed E-state index contributed by atoms with van der Waals surface area (Å²) in [7, 11) is 0. The van der Waals surface area contributed by atoms with Crippen molar-refractivity contribution in [3.05, 3.63) is 130 Å². The van der Waals surface area contributed by atoms with E-state index in [0.717, 1.165) is 34.4 Å². The van der Waals surface area contributed by atoms with Crippen LogP contribution in [0.1, 0.15) is 63.7 Å². The molecule has 9 heteroatoms. The Morgan fingerprint density at radius 2 is 1.57 bits per heavy atom. The van der Waals surface area contributed by atoms with Gasteiger partial charge >= 0.3 is 0 Å². The van der Waals surface area contributed by atoms with Crippen LogP contribution in [-0.2, 0) is 37.2 Å². The van der Waals surface area contributed by atoms with E-state index in [4.69, 9.17) is 4.74 Å². The zero-order valence-electron chi connectivity index (χ0n) is 27.0. The van der Waals surface area contributed by atoms with E-state index in [1.807, 2.05) is 74.5 Å². The first-order valence-corrected chi connectivity index (χ1v) is 16.0. The van der Waals surface area contributed by atoms with Crippen molar-refractivity contribution >= 4 is 11.8 Å². The number of amides is 2. The van der Waals surface area contributed by atoms with Gasteiger partial charge in [-0.2, -0.15) is 0 Å². The number of rotatable bonds is 17. The minimum Gasteiger partial charge on any atom is -0.508 e. The molecule has 0 bridgehead atoms. The molecule has 2 atom stereocenters. The Morgan fingerprint density at radius 1 is 0.851 bits per heavy atom. The summed E-state index contributed by atoms with van der Waals surface area (Å²) in [6, 6.07) is 27.8. The van der Waals surface area contributed by atoms with Gasteiger partial charge in [-0.3, -0.25) is 9.59 Å². The van der Waals surface area contributed by atoms with Gasteiger partial charge in [0.25, 0.3) is 5.91 Å². The molecule has 4 aromatic rings. The van der Waals surface area contributed by atoms with Gasteiger partial charge in [0, 0.05) is 36.8 Å². The molecule has 6 N–H and O–H groups in total. The molecule has 248 valence electrons. The fourth-order valence-electron chi connectivity index (χ4n) is 5.23. The van der Waals surface area contributed by atoms with Gasteiger partial charge in [0.2, 0.25) is 5.91 Å². The number of hydrogen-bond acceptors (Lipinski definition) is 7. The van der Waals surface area contributed by atoms with Crippen LogP contribution in [0, 0.1) is 0 Å². The van der Waals surface area contributed by atoms with E-state index < -0.39 is 6.10 Å². The van der Waals surface area contributed by atoms with Crippen LogP contribution in [0.25, 0.3) is 0 Å². The van der Waals surface area contributed by atoms with Crippen molar-refractivity contribution in [3.8, 4) is 11.5 Å². The smallest absolute Gasteiger partial charge is 0.251 e. The van der Waals surface area contributed by atoms with Gasteiger partial charge < -0.3 is 36.0 Å². The standard InChI is InChI=1S/C38H45N3O6/c1-3-47-34-14-9-27(10-15-34)17-18-39-38(46)31-11-7-28(8-12-31)23-41-37(45)21-30-6-4-5-29(20-30)19-26(2)40-24-36(44)32-13-16-35(43)33(22-32)25-42/h4-16,20,22,26,36,40,42-44H,3,17-19,21,23-25H2,1-2H3,(H,39,46)(H,41,45)/t26-,36+/m1/s1. The van der Waals surface area contributed by atoms with Gasteiger partial charge in [-0.15, -0.1) is 0 Å². The number of aliphatic hydroxyl groups excluding tert-OH is 2. The Balaban J connectivity index is 1.17. The summed E-state index contributed by atoms with van der Waals surface area (Å²) in [6.07, 6.45) is 0.895. The zero-order chi connectivity index (χ0) is 33.6. The number of aliphatic hydroxyl groups is 2. The highest BCUT2D eigenvalue weighted by Crippen LogP contribution is 2.22.